The molecule has 0 saturated carbocycles. The van der Waals surface area contributed by atoms with Crippen LogP contribution in [-0.2, 0) is 10.8 Å². The molecular formula is C16H21NO3S. The Bertz CT molecular complexity index is 573. The maximum Gasteiger partial charge on any atom is 0.252 e. The highest BCUT2D eigenvalue weighted by Gasteiger charge is 2.09. The van der Waals surface area contributed by atoms with Crippen molar-refractivity contribution in [1.82, 2.24) is 5.32 Å². The lowest BCUT2D eigenvalue weighted by Gasteiger charge is -2.07. The highest BCUT2D eigenvalue weighted by atomic mass is 32.2. The molecule has 1 aromatic rings. The van der Waals surface area contributed by atoms with E-state index in [2.05, 4.69) is 17.2 Å². The molecule has 0 aromatic heterocycles. The summed E-state index contributed by atoms with van der Waals surface area (Å²) in [6, 6.07) is 5.49. The van der Waals surface area contributed by atoms with Crippen molar-refractivity contribution >= 4 is 16.7 Å². The molecule has 114 valence electrons. The van der Waals surface area contributed by atoms with Gasteiger partial charge in [-0.3, -0.25) is 9.00 Å². The van der Waals surface area contributed by atoms with E-state index in [0.717, 1.165) is 5.56 Å². The molecule has 4 nitrogen and oxygen atoms in total. The van der Waals surface area contributed by atoms with Gasteiger partial charge in [0.15, 0.2) is 0 Å². The second-order valence-corrected chi connectivity index (χ2v) is 6.27. The van der Waals surface area contributed by atoms with Crippen LogP contribution in [-0.4, -0.2) is 40.4 Å². The molecule has 0 fully saturated rings. The maximum absolute atomic E-state index is 12.2. The highest BCUT2D eigenvalue weighted by Crippen LogP contribution is 2.11. The number of aliphatic hydroxyl groups is 1. The molecule has 0 radical (unpaired) electrons. The molecule has 0 saturated heterocycles. The lowest BCUT2D eigenvalue weighted by molar-refractivity contribution is 0.0953. The molecule has 5 heteroatoms. The van der Waals surface area contributed by atoms with E-state index in [4.69, 9.17) is 5.11 Å². The summed E-state index contributed by atoms with van der Waals surface area (Å²) in [4.78, 5) is 12.2. The summed E-state index contributed by atoms with van der Waals surface area (Å²) >= 11 is 0. The Morgan fingerprint density at radius 2 is 2.19 bits per heavy atom. The van der Waals surface area contributed by atoms with Crippen LogP contribution < -0.4 is 5.32 Å². The molecule has 1 unspecified atom stereocenters. The molecule has 0 aliphatic heterocycles. The van der Waals surface area contributed by atoms with Crippen LogP contribution in [0.5, 0.6) is 0 Å². The molecule has 0 heterocycles. The number of carbonyl (C=O) groups excluding carboxylic acids is 1. The van der Waals surface area contributed by atoms with Gasteiger partial charge in [0.05, 0.1) is 12.2 Å². The van der Waals surface area contributed by atoms with E-state index in [1.807, 2.05) is 19.1 Å². The van der Waals surface area contributed by atoms with Crippen molar-refractivity contribution in [2.24, 2.45) is 0 Å². The van der Waals surface area contributed by atoms with E-state index in [9.17, 15) is 9.00 Å². The van der Waals surface area contributed by atoms with Crippen LogP contribution >= 0.6 is 0 Å². The topological polar surface area (TPSA) is 66.4 Å². The fraction of sp³-hybridized carbons (Fsp3) is 0.438. The number of rotatable bonds is 6. The van der Waals surface area contributed by atoms with Gasteiger partial charge in [-0.25, -0.2) is 0 Å². The third-order valence-electron chi connectivity index (χ3n) is 2.77. The van der Waals surface area contributed by atoms with Gasteiger partial charge < -0.3 is 10.4 Å². The zero-order chi connectivity index (χ0) is 15.7. The van der Waals surface area contributed by atoms with Gasteiger partial charge in [-0.1, -0.05) is 17.9 Å². The lowest BCUT2D eigenvalue weighted by atomic mass is 10.0. The minimum Gasteiger partial charge on any atom is -0.395 e. The molecular weight excluding hydrogens is 286 g/mol. The van der Waals surface area contributed by atoms with Crippen LogP contribution in [0, 0.1) is 18.8 Å². The second-order valence-electron chi connectivity index (χ2n) is 4.71. The maximum atomic E-state index is 12.2. The molecule has 0 aliphatic carbocycles. The first-order valence-electron chi connectivity index (χ1n) is 6.83. The van der Waals surface area contributed by atoms with Gasteiger partial charge in [0, 0.05) is 41.3 Å². The molecule has 0 bridgehead atoms. The van der Waals surface area contributed by atoms with Crippen LogP contribution in [0.3, 0.4) is 0 Å². The first-order chi connectivity index (χ1) is 10.0. The predicted molar refractivity (Wildman–Crippen MR) is 85.6 cm³/mol. The van der Waals surface area contributed by atoms with Gasteiger partial charge in [-0.05, 0) is 31.0 Å². The van der Waals surface area contributed by atoms with Crippen LogP contribution in [0.25, 0.3) is 0 Å². The van der Waals surface area contributed by atoms with E-state index in [1.165, 1.54) is 0 Å². The van der Waals surface area contributed by atoms with Gasteiger partial charge in [0.1, 0.15) is 0 Å². The van der Waals surface area contributed by atoms with Gasteiger partial charge in [0.25, 0.3) is 5.91 Å². The minimum atomic E-state index is -0.835. The number of benzene rings is 1. The van der Waals surface area contributed by atoms with Crippen LogP contribution in [0.1, 0.15) is 34.3 Å². The fourth-order valence-electron chi connectivity index (χ4n) is 1.75. The number of hydrogen-bond donors (Lipinski definition) is 2. The summed E-state index contributed by atoms with van der Waals surface area (Å²) in [6.45, 7) is 2.44. The Hall–Kier alpha value is -1.64. The van der Waals surface area contributed by atoms with Gasteiger partial charge in [-0.15, -0.1) is 0 Å². The number of aryl methyl sites for hydroxylation is 1. The Morgan fingerprint density at radius 3 is 2.86 bits per heavy atom. The summed E-state index contributed by atoms with van der Waals surface area (Å²) < 4.78 is 11.0. The van der Waals surface area contributed by atoms with E-state index < -0.39 is 10.8 Å². The second kappa shape index (κ2) is 9.32. The van der Waals surface area contributed by atoms with Crippen molar-refractivity contribution in [3.63, 3.8) is 0 Å². The lowest BCUT2D eigenvalue weighted by Crippen LogP contribution is -2.26. The summed E-state index contributed by atoms with van der Waals surface area (Å²) in [7, 11) is -0.835. The summed E-state index contributed by atoms with van der Waals surface area (Å²) in [5.41, 5.74) is 2.23. The number of nitrogens with one attached hydrogen (secondary N) is 1. The summed E-state index contributed by atoms with van der Waals surface area (Å²) in [5.74, 6) is 6.17. The zero-order valence-corrected chi connectivity index (χ0v) is 13.3. The number of aliphatic hydroxyl groups excluding tert-OH is 1. The van der Waals surface area contributed by atoms with Crippen molar-refractivity contribution in [3.05, 3.63) is 34.9 Å². The zero-order valence-electron chi connectivity index (χ0n) is 12.4. The molecule has 21 heavy (non-hydrogen) atoms. The van der Waals surface area contributed by atoms with E-state index >= 15 is 0 Å². The standard InChI is InChI=1S/C16H21NO3S/c1-13-7-8-15(14(12-13)6-3-4-10-18)16(19)17-9-5-11-21(2)20/h7-8,12,18H,4-5,9-11H2,1-2H3,(H,17,19). The van der Waals surface area contributed by atoms with Crippen LogP contribution in [0.15, 0.2) is 18.2 Å². The van der Waals surface area contributed by atoms with Gasteiger partial charge in [-0.2, -0.15) is 0 Å². The monoisotopic (exact) mass is 307 g/mol. The molecule has 1 amide bonds. The predicted octanol–water partition coefficient (Wildman–Crippen LogP) is 1.23. The van der Waals surface area contributed by atoms with E-state index in [-0.39, 0.29) is 12.5 Å². The molecule has 2 N–H and O–H groups in total. The summed E-state index contributed by atoms with van der Waals surface area (Å²) in [6.07, 6.45) is 2.72. The Balaban J connectivity index is 2.74. The largest absolute Gasteiger partial charge is 0.395 e. The first-order valence-corrected chi connectivity index (χ1v) is 8.56. The molecule has 0 spiro atoms. The van der Waals surface area contributed by atoms with Crippen molar-refractivity contribution in [2.45, 2.75) is 19.8 Å². The fourth-order valence-corrected chi connectivity index (χ4v) is 2.30. The van der Waals surface area contributed by atoms with Crippen molar-refractivity contribution in [2.75, 3.05) is 25.2 Å². The smallest absolute Gasteiger partial charge is 0.252 e. The number of hydrogen-bond acceptors (Lipinski definition) is 3. The SMILES string of the molecule is Cc1ccc(C(=O)NCCCS(C)=O)c(C#CCCO)c1. The Labute approximate surface area is 128 Å². The highest BCUT2D eigenvalue weighted by molar-refractivity contribution is 7.84. The Kier molecular flexibility index (Phi) is 7.73. The molecule has 1 atom stereocenters. The number of carbonyl (C=O) groups is 1. The third kappa shape index (κ3) is 6.56. The average molecular weight is 307 g/mol. The van der Waals surface area contributed by atoms with E-state index in [1.54, 1.807) is 12.3 Å². The Morgan fingerprint density at radius 1 is 1.43 bits per heavy atom. The van der Waals surface area contributed by atoms with Gasteiger partial charge in [0.2, 0.25) is 0 Å². The molecule has 0 aliphatic rings. The minimum absolute atomic E-state index is 0.00844. The van der Waals surface area contributed by atoms with Crippen molar-refractivity contribution in [3.8, 4) is 11.8 Å². The summed E-state index contributed by atoms with van der Waals surface area (Å²) in [5, 5.41) is 11.6. The quantitative estimate of drug-likeness (QED) is 0.613. The molecule has 1 rings (SSSR count). The normalized spacial score (nSPS) is 11.4. The van der Waals surface area contributed by atoms with Crippen LogP contribution in [0.2, 0.25) is 0 Å². The molecule has 1 aromatic carbocycles. The van der Waals surface area contributed by atoms with Crippen LogP contribution in [0.4, 0.5) is 0 Å². The number of amides is 1. The van der Waals surface area contributed by atoms with E-state index in [0.29, 0.717) is 36.3 Å². The first kappa shape index (κ1) is 17.4. The van der Waals surface area contributed by atoms with Crippen molar-refractivity contribution < 1.29 is 14.1 Å². The average Bonchev–Trinajstić information content (AvgIpc) is 2.43. The third-order valence-corrected chi connectivity index (χ3v) is 3.64. The van der Waals surface area contributed by atoms with Gasteiger partial charge >= 0.3 is 0 Å². The van der Waals surface area contributed by atoms with Crippen molar-refractivity contribution in [1.29, 1.82) is 0 Å².